The summed E-state index contributed by atoms with van der Waals surface area (Å²) in [6.07, 6.45) is 0. The molecule has 2 rings (SSSR count). The van der Waals surface area contributed by atoms with Gasteiger partial charge in [0.1, 0.15) is 0 Å². The van der Waals surface area contributed by atoms with Crippen molar-refractivity contribution in [3.63, 3.8) is 0 Å². The first kappa shape index (κ1) is 15.3. The van der Waals surface area contributed by atoms with Gasteiger partial charge in [-0.2, -0.15) is 0 Å². The summed E-state index contributed by atoms with van der Waals surface area (Å²) in [6, 6.07) is 8.60. The van der Waals surface area contributed by atoms with E-state index in [1.165, 1.54) is 11.3 Å². The van der Waals surface area contributed by atoms with Crippen LogP contribution in [-0.4, -0.2) is 55.4 Å². The number of para-hydroxylation sites is 1. The first-order chi connectivity index (χ1) is 9.49. The summed E-state index contributed by atoms with van der Waals surface area (Å²) in [7, 11) is 1.98. The average Bonchev–Trinajstić information content (AvgIpc) is 2.39. The number of nitrogens with zero attached hydrogens (tertiary/aromatic N) is 2. The minimum absolute atomic E-state index is 0.605. The van der Waals surface area contributed by atoms with Gasteiger partial charge in [0, 0.05) is 45.0 Å². The number of anilines is 1. The second-order valence-electron chi connectivity index (χ2n) is 6.23. The molecule has 0 aliphatic carbocycles. The molecular formula is C16H27N3O. The zero-order valence-corrected chi connectivity index (χ0v) is 12.9. The Bertz CT molecular complexity index is 420. The zero-order valence-electron chi connectivity index (χ0n) is 12.9. The van der Waals surface area contributed by atoms with Gasteiger partial charge in [0.15, 0.2) is 0 Å². The summed E-state index contributed by atoms with van der Waals surface area (Å²) in [4.78, 5) is 4.80. The summed E-state index contributed by atoms with van der Waals surface area (Å²) in [5.74, 6) is 0. The molecule has 0 aromatic heterocycles. The fourth-order valence-corrected chi connectivity index (χ4v) is 2.85. The Morgan fingerprint density at radius 3 is 2.40 bits per heavy atom. The third-order valence-corrected chi connectivity index (χ3v) is 3.68. The number of hydrogen-bond donors (Lipinski definition) is 2. The maximum Gasteiger partial charge on any atom is 0.0718 e. The van der Waals surface area contributed by atoms with E-state index in [1.807, 2.05) is 20.9 Å². The van der Waals surface area contributed by atoms with Crippen LogP contribution in [0.3, 0.4) is 0 Å². The molecule has 4 heteroatoms. The van der Waals surface area contributed by atoms with Crippen molar-refractivity contribution in [2.75, 3.05) is 44.7 Å². The van der Waals surface area contributed by atoms with Gasteiger partial charge in [-0.25, -0.2) is 0 Å². The van der Waals surface area contributed by atoms with Crippen LogP contribution in [0.2, 0.25) is 0 Å². The third-order valence-electron chi connectivity index (χ3n) is 3.68. The van der Waals surface area contributed by atoms with Crippen molar-refractivity contribution in [2.45, 2.75) is 26.0 Å². The molecule has 0 radical (unpaired) electrons. The summed E-state index contributed by atoms with van der Waals surface area (Å²) in [5, 5.41) is 13.1. The number of benzene rings is 1. The van der Waals surface area contributed by atoms with E-state index in [1.54, 1.807) is 0 Å². The Labute approximate surface area is 122 Å². The highest BCUT2D eigenvalue weighted by Crippen LogP contribution is 2.22. The average molecular weight is 277 g/mol. The number of aliphatic hydroxyl groups is 1. The molecule has 20 heavy (non-hydrogen) atoms. The molecule has 1 aliphatic rings. The number of nitrogens with one attached hydrogen (secondary N) is 1. The van der Waals surface area contributed by atoms with E-state index in [2.05, 4.69) is 39.4 Å². The highest BCUT2D eigenvalue weighted by molar-refractivity contribution is 5.54. The van der Waals surface area contributed by atoms with Crippen LogP contribution in [0.1, 0.15) is 19.4 Å². The molecule has 0 atom stereocenters. The molecule has 1 fully saturated rings. The number of piperazine rings is 1. The van der Waals surface area contributed by atoms with Crippen molar-refractivity contribution in [3.05, 3.63) is 29.8 Å². The first-order valence-corrected chi connectivity index (χ1v) is 7.42. The van der Waals surface area contributed by atoms with Crippen LogP contribution in [0, 0.1) is 0 Å². The lowest BCUT2D eigenvalue weighted by Crippen LogP contribution is -2.50. The number of rotatable bonds is 5. The van der Waals surface area contributed by atoms with Crippen molar-refractivity contribution in [1.82, 2.24) is 10.2 Å². The minimum Gasteiger partial charge on any atom is -0.389 e. The monoisotopic (exact) mass is 277 g/mol. The van der Waals surface area contributed by atoms with Crippen LogP contribution in [0.4, 0.5) is 5.69 Å². The zero-order chi connectivity index (χ0) is 14.6. The Morgan fingerprint density at radius 2 is 1.80 bits per heavy atom. The van der Waals surface area contributed by atoms with Gasteiger partial charge in [0.2, 0.25) is 0 Å². The molecule has 0 saturated carbocycles. The Balaban J connectivity index is 1.97. The van der Waals surface area contributed by atoms with Crippen LogP contribution < -0.4 is 10.2 Å². The van der Waals surface area contributed by atoms with E-state index in [0.29, 0.717) is 0 Å². The van der Waals surface area contributed by atoms with Gasteiger partial charge in [-0.3, -0.25) is 4.90 Å². The van der Waals surface area contributed by atoms with E-state index in [9.17, 15) is 5.11 Å². The number of β-amino-alcohol motifs (C(OH)–C–C–N with tert-alkyl or cyclic N) is 1. The first-order valence-electron chi connectivity index (χ1n) is 7.42. The Hall–Kier alpha value is -1.10. The van der Waals surface area contributed by atoms with Crippen molar-refractivity contribution >= 4 is 5.69 Å². The van der Waals surface area contributed by atoms with Gasteiger partial charge in [-0.15, -0.1) is 0 Å². The second kappa shape index (κ2) is 6.57. The van der Waals surface area contributed by atoms with Crippen molar-refractivity contribution < 1.29 is 5.11 Å². The molecule has 2 N–H and O–H groups in total. The lowest BCUT2D eigenvalue weighted by Gasteiger charge is -2.39. The van der Waals surface area contributed by atoms with Crippen LogP contribution in [0.25, 0.3) is 0 Å². The van der Waals surface area contributed by atoms with Crippen LogP contribution in [-0.2, 0) is 6.54 Å². The highest BCUT2D eigenvalue weighted by atomic mass is 16.3. The quantitative estimate of drug-likeness (QED) is 0.851. The van der Waals surface area contributed by atoms with E-state index in [0.717, 1.165) is 39.3 Å². The molecule has 4 nitrogen and oxygen atoms in total. The molecular weight excluding hydrogens is 250 g/mol. The predicted molar refractivity (Wildman–Crippen MR) is 84.2 cm³/mol. The van der Waals surface area contributed by atoms with Crippen molar-refractivity contribution in [3.8, 4) is 0 Å². The smallest absolute Gasteiger partial charge is 0.0718 e. The highest BCUT2D eigenvalue weighted by Gasteiger charge is 2.23. The summed E-state index contributed by atoms with van der Waals surface area (Å²) in [6.45, 7) is 9.48. The fourth-order valence-electron chi connectivity index (χ4n) is 2.85. The summed E-state index contributed by atoms with van der Waals surface area (Å²) in [5.41, 5.74) is 2.09. The van der Waals surface area contributed by atoms with Gasteiger partial charge in [-0.1, -0.05) is 18.2 Å². The third kappa shape index (κ3) is 4.20. The lowest BCUT2D eigenvalue weighted by molar-refractivity contribution is 0.0345. The summed E-state index contributed by atoms with van der Waals surface area (Å²) < 4.78 is 0. The molecule has 0 bridgehead atoms. The van der Waals surface area contributed by atoms with E-state index in [4.69, 9.17) is 0 Å². The second-order valence-corrected chi connectivity index (χ2v) is 6.23. The molecule has 0 unspecified atom stereocenters. The maximum absolute atomic E-state index is 9.90. The standard InChI is InChI=1S/C16H27N3O/c1-16(2,20)13-18-8-10-19(11-9-18)15-7-5-4-6-14(15)12-17-3/h4-7,17,20H,8-13H2,1-3H3. The fraction of sp³-hybridized carbons (Fsp3) is 0.625. The normalized spacial score (nSPS) is 17.5. The minimum atomic E-state index is -0.605. The van der Waals surface area contributed by atoms with Crippen LogP contribution in [0.15, 0.2) is 24.3 Å². The Morgan fingerprint density at radius 1 is 1.15 bits per heavy atom. The Kier molecular flexibility index (Phi) is 5.02. The van der Waals surface area contributed by atoms with E-state index >= 15 is 0 Å². The molecule has 1 heterocycles. The largest absolute Gasteiger partial charge is 0.389 e. The SMILES string of the molecule is CNCc1ccccc1N1CCN(CC(C)(C)O)CC1. The topological polar surface area (TPSA) is 38.7 Å². The molecule has 112 valence electrons. The van der Waals surface area contributed by atoms with E-state index < -0.39 is 5.60 Å². The molecule has 0 spiro atoms. The molecule has 1 aliphatic heterocycles. The summed E-state index contributed by atoms with van der Waals surface area (Å²) >= 11 is 0. The van der Waals surface area contributed by atoms with Gasteiger partial charge in [-0.05, 0) is 32.5 Å². The van der Waals surface area contributed by atoms with Crippen LogP contribution >= 0.6 is 0 Å². The number of hydrogen-bond acceptors (Lipinski definition) is 4. The van der Waals surface area contributed by atoms with Crippen molar-refractivity contribution in [1.29, 1.82) is 0 Å². The van der Waals surface area contributed by atoms with Crippen LogP contribution in [0.5, 0.6) is 0 Å². The van der Waals surface area contributed by atoms with E-state index in [-0.39, 0.29) is 0 Å². The predicted octanol–water partition coefficient (Wildman–Crippen LogP) is 1.30. The van der Waals surface area contributed by atoms with Crippen molar-refractivity contribution in [2.24, 2.45) is 0 Å². The van der Waals surface area contributed by atoms with Gasteiger partial charge >= 0.3 is 0 Å². The molecule has 1 aromatic carbocycles. The maximum atomic E-state index is 9.90. The molecule has 1 aromatic rings. The van der Waals surface area contributed by atoms with Gasteiger partial charge in [0.25, 0.3) is 0 Å². The van der Waals surface area contributed by atoms with Gasteiger partial charge < -0.3 is 15.3 Å². The lowest BCUT2D eigenvalue weighted by atomic mass is 10.1. The molecule has 0 amide bonds. The van der Waals surface area contributed by atoms with Gasteiger partial charge in [0.05, 0.1) is 5.60 Å². The molecule has 1 saturated heterocycles.